The number of ether oxygens (including phenoxy) is 1. The second-order valence-corrected chi connectivity index (χ2v) is 4.67. The summed E-state index contributed by atoms with van der Waals surface area (Å²) in [6.45, 7) is 4.44. The van der Waals surface area contributed by atoms with Gasteiger partial charge in [-0.15, -0.1) is 0 Å². The van der Waals surface area contributed by atoms with Crippen LogP contribution in [0.1, 0.15) is 35.7 Å². The van der Waals surface area contributed by atoms with E-state index in [1.54, 1.807) is 25.1 Å². The lowest BCUT2D eigenvalue weighted by atomic mass is 9.89. The van der Waals surface area contributed by atoms with Crippen LogP contribution in [0.5, 0.6) is 5.75 Å². The van der Waals surface area contributed by atoms with E-state index in [9.17, 15) is 9.90 Å². The van der Waals surface area contributed by atoms with Crippen molar-refractivity contribution in [3.05, 3.63) is 29.3 Å². The predicted molar refractivity (Wildman–Crippen MR) is 68.7 cm³/mol. The Labute approximate surface area is 107 Å². The highest BCUT2D eigenvalue weighted by atomic mass is 16.5. The van der Waals surface area contributed by atoms with Crippen molar-refractivity contribution in [2.75, 3.05) is 6.61 Å². The van der Waals surface area contributed by atoms with Gasteiger partial charge in [0.25, 0.3) is 5.91 Å². The Kier molecular flexibility index (Phi) is 3.87. The van der Waals surface area contributed by atoms with Crippen molar-refractivity contribution in [3.8, 4) is 5.75 Å². The number of phenols is 1. The van der Waals surface area contributed by atoms with Crippen LogP contribution in [0.15, 0.2) is 18.2 Å². The van der Waals surface area contributed by atoms with E-state index in [1.165, 1.54) is 0 Å². The van der Waals surface area contributed by atoms with Crippen molar-refractivity contribution in [2.45, 2.75) is 38.8 Å². The van der Waals surface area contributed by atoms with E-state index in [1.807, 2.05) is 6.92 Å². The van der Waals surface area contributed by atoms with Crippen LogP contribution in [-0.4, -0.2) is 29.8 Å². The lowest BCUT2D eigenvalue weighted by Crippen LogP contribution is -2.47. The number of phenolic OH excluding ortho intramolecular Hbond substituents is 1. The molecule has 0 aliphatic heterocycles. The Morgan fingerprint density at radius 3 is 2.89 bits per heavy atom. The molecule has 0 spiro atoms. The molecule has 1 aromatic rings. The molecule has 1 fully saturated rings. The summed E-state index contributed by atoms with van der Waals surface area (Å²) in [5.41, 5.74) is 1.16. The van der Waals surface area contributed by atoms with Crippen LogP contribution in [0, 0.1) is 6.92 Å². The molecule has 4 heteroatoms. The van der Waals surface area contributed by atoms with E-state index < -0.39 is 0 Å². The summed E-state index contributed by atoms with van der Waals surface area (Å²) in [6, 6.07) is 5.18. The third-order valence-electron chi connectivity index (χ3n) is 3.38. The monoisotopic (exact) mass is 249 g/mol. The van der Waals surface area contributed by atoms with Crippen LogP contribution < -0.4 is 5.32 Å². The van der Waals surface area contributed by atoms with Gasteiger partial charge in [-0.1, -0.05) is 6.07 Å². The fraction of sp³-hybridized carbons (Fsp3) is 0.500. The van der Waals surface area contributed by atoms with Gasteiger partial charge >= 0.3 is 0 Å². The molecule has 0 radical (unpaired) electrons. The van der Waals surface area contributed by atoms with Gasteiger partial charge < -0.3 is 15.2 Å². The molecule has 0 aromatic heterocycles. The Morgan fingerprint density at radius 2 is 2.22 bits per heavy atom. The van der Waals surface area contributed by atoms with Crippen molar-refractivity contribution < 1.29 is 14.6 Å². The second-order valence-electron chi connectivity index (χ2n) is 4.67. The number of hydrogen-bond acceptors (Lipinski definition) is 3. The van der Waals surface area contributed by atoms with E-state index in [0.717, 1.165) is 19.4 Å². The molecular formula is C14H19NO3. The first-order valence-corrected chi connectivity index (χ1v) is 6.32. The predicted octanol–water partition coefficient (Wildman–Crippen LogP) is 2.00. The normalized spacial score (nSPS) is 22.3. The number of nitrogens with one attached hydrogen (secondary N) is 1. The van der Waals surface area contributed by atoms with Gasteiger partial charge in [0.15, 0.2) is 0 Å². The van der Waals surface area contributed by atoms with Gasteiger partial charge in [-0.25, -0.2) is 0 Å². The Balaban J connectivity index is 1.91. The van der Waals surface area contributed by atoms with Crippen LogP contribution in [0.2, 0.25) is 0 Å². The zero-order chi connectivity index (χ0) is 13.1. The highest BCUT2D eigenvalue weighted by molar-refractivity contribution is 5.96. The molecule has 0 bridgehead atoms. The van der Waals surface area contributed by atoms with Gasteiger partial charge in [0.05, 0.1) is 6.10 Å². The van der Waals surface area contributed by atoms with Crippen LogP contribution in [0.3, 0.4) is 0 Å². The first-order valence-electron chi connectivity index (χ1n) is 6.32. The molecule has 4 nitrogen and oxygen atoms in total. The van der Waals surface area contributed by atoms with Crippen LogP contribution in [0.25, 0.3) is 0 Å². The van der Waals surface area contributed by atoms with Gasteiger partial charge in [-0.2, -0.15) is 0 Å². The molecule has 18 heavy (non-hydrogen) atoms. The number of carbonyl (C=O) groups is 1. The minimum absolute atomic E-state index is 0.122. The average molecular weight is 249 g/mol. The zero-order valence-corrected chi connectivity index (χ0v) is 10.8. The number of aromatic hydroxyl groups is 1. The number of benzene rings is 1. The summed E-state index contributed by atoms with van der Waals surface area (Å²) in [5, 5.41) is 12.5. The third-order valence-corrected chi connectivity index (χ3v) is 3.38. The van der Waals surface area contributed by atoms with Gasteiger partial charge in [-0.05, 0) is 38.8 Å². The topological polar surface area (TPSA) is 58.6 Å². The van der Waals surface area contributed by atoms with E-state index in [4.69, 9.17) is 4.74 Å². The first kappa shape index (κ1) is 12.9. The highest BCUT2D eigenvalue weighted by Gasteiger charge is 2.31. The quantitative estimate of drug-likeness (QED) is 0.858. The molecule has 1 saturated carbocycles. The Bertz CT molecular complexity index is 439. The molecule has 0 atom stereocenters. The molecule has 0 heterocycles. The summed E-state index contributed by atoms with van der Waals surface area (Å²) >= 11 is 0. The molecule has 1 aliphatic carbocycles. The van der Waals surface area contributed by atoms with E-state index >= 15 is 0 Å². The number of rotatable bonds is 4. The van der Waals surface area contributed by atoms with Crippen molar-refractivity contribution in [1.82, 2.24) is 5.32 Å². The van der Waals surface area contributed by atoms with Gasteiger partial charge in [0.1, 0.15) is 5.75 Å². The van der Waals surface area contributed by atoms with E-state index in [-0.39, 0.29) is 23.8 Å². The highest BCUT2D eigenvalue weighted by Crippen LogP contribution is 2.25. The fourth-order valence-electron chi connectivity index (χ4n) is 2.19. The summed E-state index contributed by atoms with van der Waals surface area (Å²) in [4.78, 5) is 12.0. The third kappa shape index (κ3) is 2.64. The second kappa shape index (κ2) is 5.40. The molecule has 2 rings (SSSR count). The standard InChI is InChI=1S/C14H19NO3/c1-3-18-11-7-10(8-11)15-14(17)12-5-4-6-13(16)9(12)2/h4-6,10-11,16H,3,7-8H2,1-2H3,(H,15,17). The summed E-state index contributed by atoms with van der Waals surface area (Å²) in [6.07, 6.45) is 2.03. The number of hydrogen-bond donors (Lipinski definition) is 2. The maximum Gasteiger partial charge on any atom is 0.251 e. The molecule has 1 aliphatic rings. The Morgan fingerprint density at radius 1 is 1.50 bits per heavy atom. The SMILES string of the molecule is CCOC1CC(NC(=O)c2cccc(O)c2C)C1. The van der Waals surface area contributed by atoms with Crippen LogP contribution in [-0.2, 0) is 4.74 Å². The molecule has 0 unspecified atom stereocenters. The van der Waals surface area contributed by atoms with Gasteiger partial charge in [-0.3, -0.25) is 4.79 Å². The molecule has 2 N–H and O–H groups in total. The van der Waals surface area contributed by atoms with Crippen LogP contribution >= 0.6 is 0 Å². The van der Waals surface area contributed by atoms with Crippen molar-refractivity contribution in [2.24, 2.45) is 0 Å². The lowest BCUT2D eigenvalue weighted by Gasteiger charge is -2.35. The number of amides is 1. The van der Waals surface area contributed by atoms with Crippen LogP contribution in [0.4, 0.5) is 0 Å². The largest absolute Gasteiger partial charge is 0.508 e. The Hall–Kier alpha value is -1.55. The molecule has 98 valence electrons. The summed E-state index contributed by atoms with van der Waals surface area (Å²) in [7, 11) is 0. The smallest absolute Gasteiger partial charge is 0.251 e. The fourth-order valence-corrected chi connectivity index (χ4v) is 2.19. The molecule has 1 amide bonds. The average Bonchev–Trinajstić information content (AvgIpc) is 2.30. The maximum atomic E-state index is 12.0. The molecular weight excluding hydrogens is 230 g/mol. The summed E-state index contributed by atoms with van der Waals surface area (Å²) in [5.74, 6) is 0.0341. The van der Waals surface area contributed by atoms with Crippen molar-refractivity contribution in [1.29, 1.82) is 0 Å². The maximum absolute atomic E-state index is 12.0. The molecule has 1 aromatic carbocycles. The number of carbonyl (C=O) groups excluding carboxylic acids is 1. The van der Waals surface area contributed by atoms with E-state index in [0.29, 0.717) is 11.1 Å². The minimum atomic E-state index is -0.122. The zero-order valence-electron chi connectivity index (χ0n) is 10.8. The van der Waals surface area contributed by atoms with Crippen molar-refractivity contribution >= 4 is 5.91 Å². The van der Waals surface area contributed by atoms with E-state index in [2.05, 4.69) is 5.32 Å². The first-order chi connectivity index (χ1) is 8.61. The molecule has 0 saturated heterocycles. The van der Waals surface area contributed by atoms with Gasteiger partial charge in [0.2, 0.25) is 0 Å². The van der Waals surface area contributed by atoms with Crippen molar-refractivity contribution in [3.63, 3.8) is 0 Å². The summed E-state index contributed by atoms with van der Waals surface area (Å²) < 4.78 is 5.45. The lowest BCUT2D eigenvalue weighted by molar-refractivity contribution is -0.00863. The van der Waals surface area contributed by atoms with Gasteiger partial charge in [0, 0.05) is 23.8 Å². The minimum Gasteiger partial charge on any atom is -0.508 e.